The largest absolute Gasteiger partial charge is 0.484 e. The van der Waals surface area contributed by atoms with Crippen molar-refractivity contribution in [1.82, 2.24) is 16.0 Å². The smallest absolute Gasteiger partial charge is 0.257 e. The summed E-state index contributed by atoms with van der Waals surface area (Å²) in [5, 5.41) is 9.31. The topological polar surface area (TPSA) is 74.8 Å². The molecule has 0 radical (unpaired) electrons. The van der Waals surface area contributed by atoms with Crippen molar-refractivity contribution in [2.75, 3.05) is 19.7 Å². The average molecular weight is 510 g/mol. The molecule has 0 unspecified atom stereocenters. The normalized spacial score (nSPS) is 10.7. The van der Waals surface area contributed by atoms with Crippen molar-refractivity contribution < 1.29 is 9.53 Å². The SMILES string of the molecule is CCNC(=O)COc1cccc(CNC(=NCc2cccc(C)c2)NCC)c1.I. The summed E-state index contributed by atoms with van der Waals surface area (Å²) in [6.07, 6.45) is 0. The average Bonchev–Trinajstić information content (AvgIpc) is 2.69. The number of nitrogens with one attached hydrogen (secondary N) is 3. The van der Waals surface area contributed by atoms with E-state index in [4.69, 9.17) is 4.74 Å². The van der Waals surface area contributed by atoms with Gasteiger partial charge in [0.2, 0.25) is 0 Å². The third kappa shape index (κ3) is 9.65. The van der Waals surface area contributed by atoms with Gasteiger partial charge >= 0.3 is 0 Å². The van der Waals surface area contributed by atoms with Crippen molar-refractivity contribution in [1.29, 1.82) is 0 Å². The zero-order valence-electron chi connectivity index (χ0n) is 17.3. The highest BCUT2D eigenvalue weighted by Crippen LogP contribution is 2.13. The monoisotopic (exact) mass is 510 g/mol. The fourth-order valence-electron chi connectivity index (χ4n) is 2.65. The van der Waals surface area contributed by atoms with Crippen molar-refractivity contribution >= 4 is 35.8 Å². The Balaban J connectivity index is 0.00000420. The number of nitrogens with zero attached hydrogens (tertiary/aromatic N) is 1. The van der Waals surface area contributed by atoms with E-state index in [-0.39, 0.29) is 36.5 Å². The molecule has 1 amide bonds. The number of guanidine groups is 1. The van der Waals surface area contributed by atoms with Crippen LogP contribution >= 0.6 is 24.0 Å². The molecule has 0 fully saturated rings. The van der Waals surface area contributed by atoms with Gasteiger partial charge in [0.05, 0.1) is 6.54 Å². The molecular weight excluding hydrogens is 479 g/mol. The minimum atomic E-state index is -0.122. The summed E-state index contributed by atoms with van der Waals surface area (Å²) in [5.74, 6) is 1.31. The molecule has 2 rings (SSSR count). The van der Waals surface area contributed by atoms with E-state index in [1.165, 1.54) is 11.1 Å². The lowest BCUT2D eigenvalue weighted by atomic mass is 10.1. The van der Waals surface area contributed by atoms with E-state index in [1.807, 2.05) is 44.2 Å². The first-order chi connectivity index (χ1) is 13.6. The standard InChI is InChI=1S/C22H30N4O2.HI/c1-4-23-21(27)16-28-20-11-7-10-19(13-20)15-26-22(24-5-2)25-14-18-9-6-8-17(3)12-18;/h6-13H,4-5,14-16H2,1-3H3,(H,23,27)(H2,24,25,26);1H. The van der Waals surface area contributed by atoms with Gasteiger partial charge in [-0.05, 0) is 44.0 Å². The zero-order chi connectivity index (χ0) is 20.2. The Bertz CT molecular complexity index is 796. The summed E-state index contributed by atoms with van der Waals surface area (Å²) in [6, 6.07) is 16.1. The van der Waals surface area contributed by atoms with Gasteiger partial charge in [0, 0.05) is 19.6 Å². The molecule has 0 aromatic heterocycles. The lowest BCUT2D eigenvalue weighted by Gasteiger charge is -2.12. The summed E-state index contributed by atoms with van der Waals surface area (Å²) in [7, 11) is 0. The molecule has 0 spiro atoms. The maximum Gasteiger partial charge on any atom is 0.257 e. The maximum absolute atomic E-state index is 11.5. The van der Waals surface area contributed by atoms with Gasteiger partial charge in [0.1, 0.15) is 5.75 Å². The second kappa shape index (κ2) is 13.8. The molecule has 158 valence electrons. The van der Waals surface area contributed by atoms with Crippen LogP contribution in [0.15, 0.2) is 53.5 Å². The number of ether oxygens (including phenoxy) is 1. The Labute approximate surface area is 190 Å². The third-order valence-corrected chi connectivity index (χ3v) is 3.95. The molecule has 0 aliphatic carbocycles. The van der Waals surface area contributed by atoms with Crippen LogP contribution in [-0.2, 0) is 17.9 Å². The van der Waals surface area contributed by atoms with E-state index in [2.05, 4.69) is 46.1 Å². The predicted octanol–water partition coefficient (Wildman–Crippen LogP) is 3.38. The first-order valence-corrected chi connectivity index (χ1v) is 9.67. The van der Waals surface area contributed by atoms with Crippen LogP contribution in [0.5, 0.6) is 5.75 Å². The van der Waals surface area contributed by atoms with Gasteiger partial charge in [-0.1, -0.05) is 42.0 Å². The van der Waals surface area contributed by atoms with Gasteiger partial charge in [-0.15, -0.1) is 24.0 Å². The summed E-state index contributed by atoms with van der Waals surface area (Å²) in [4.78, 5) is 16.2. The van der Waals surface area contributed by atoms with Gasteiger partial charge < -0.3 is 20.7 Å². The number of carbonyl (C=O) groups is 1. The molecule has 0 bridgehead atoms. The van der Waals surface area contributed by atoms with E-state index >= 15 is 0 Å². The number of carbonyl (C=O) groups excluding carboxylic acids is 1. The van der Waals surface area contributed by atoms with Crippen molar-refractivity contribution in [3.8, 4) is 5.75 Å². The molecule has 0 heterocycles. The highest BCUT2D eigenvalue weighted by molar-refractivity contribution is 14.0. The number of aliphatic imine (C=N–C) groups is 1. The Morgan fingerprint density at radius 1 is 0.966 bits per heavy atom. The Kier molecular flexibility index (Phi) is 11.8. The first-order valence-electron chi connectivity index (χ1n) is 9.67. The molecule has 6 nitrogen and oxygen atoms in total. The van der Waals surface area contributed by atoms with Crippen LogP contribution in [0.4, 0.5) is 0 Å². The van der Waals surface area contributed by atoms with Crippen LogP contribution in [0.2, 0.25) is 0 Å². The van der Waals surface area contributed by atoms with E-state index in [1.54, 1.807) is 0 Å². The van der Waals surface area contributed by atoms with E-state index in [9.17, 15) is 4.79 Å². The predicted molar refractivity (Wildman–Crippen MR) is 129 cm³/mol. The molecule has 29 heavy (non-hydrogen) atoms. The molecule has 0 atom stereocenters. The Morgan fingerprint density at radius 3 is 2.41 bits per heavy atom. The number of rotatable bonds is 9. The number of halogens is 1. The molecule has 3 N–H and O–H groups in total. The number of hydrogen-bond acceptors (Lipinski definition) is 3. The van der Waals surface area contributed by atoms with Crippen LogP contribution in [0.3, 0.4) is 0 Å². The van der Waals surface area contributed by atoms with Crippen LogP contribution < -0.4 is 20.7 Å². The molecule has 0 aliphatic rings. The quantitative estimate of drug-likeness (QED) is 0.275. The summed E-state index contributed by atoms with van der Waals surface area (Å²) < 4.78 is 5.55. The number of aryl methyl sites for hydroxylation is 1. The maximum atomic E-state index is 11.5. The summed E-state index contributed by atoms with van der Waals surface area (Å²) >= 11 is 0. The fraction of sp³-hybridized carbons (Fsp3) is 0.364. The van der Waals surface area contributed by atoms with Crippen LogP contribution in [-0.4, -0.2) is 31.6 Å². The molecule has 2 aromatic carbocycles. The number of amides is 1. The molecule has 2 aromatic rings. The van der Waals surface area contributed by atoms with Gasteiger partial charge in [-0.2, -0.15) is 0 Å². The Hall–Kier alpha value is -2.29. The lowest BCUT2D eigenvalue weighted by Crippen LogP contribution is -2.36. The van der Waals surface area contributed by atoms with E-state index in [0.29, 0.717) is 25.4 Å². The van der Waals surface area contributed by atoms with Gasteiger partial charge in [-0.25, -0.2) is 4.99 Å². The van der Waals surface area contributed by atoms with E-state index in [0.717, 1.165) is 18.1 Å². The Morgan fingerprint density at radius 2 is 1.69 bits per heavy atom. The van der Waals surface area contributed by atoms with Gasteiger partial charge in [0.25, 0.3) is 5.91 Å². The second-order valence-electron chi connectivity index (χ2n) is 6.43. The third-order valence-electron chi connectivity index (χ3n) is 3.95. The summed E-state index contributed by atoms with van der Waals surface area (Å²) in [5.41, 5.74) is 3.46. The minimum absolute atomic E-state index is 0. The van der Waals surface area contributed by atoms with Crippen molar-refractivity contribution in [3.05, 3.63) is 65.2 Å². The number of benzene rings is 2. The molecule has 0 saturated carbocycles. The molecule has 0 aliphatic heterocycles. The van der Waals surface area contributed by atoms with Crippen molar-refractivity contribution in [2.45, 2.75) is 33.9 Å². The van der Waals surface area contributed by atoms with Crippen LogP contribution in [0, 0.1) is 6.92 Å². The minimum Gasteiger partial charge on any atom is -0.484 e. The van der Waals surface area contributed by atoms with Crippen molar-refractivity contribution in [2.24, 2.45) is 4.99 Å². The molecule has 0 saturated heterocycles. The second-order valence-corrected chi connectivity index (χ2v) is 6.43. The molecule has 7 heteroatoms. The van der Waals surface area contributed by atoms with Gasteiger partial charge in [-0.3, -0.25) is 4.79 Å². The zero-order valence-corrected chi connectivity index (χ0v) is 19.7. The van der Waals surface area contributed by atoms with E-state index < -0.39 is 0 Å². The lowest BCUT2D eigenvalue weighted by molar-refractivity contribution is -0.122. The number of hydrogen-bond donors (Lipinski definition) is 3. The van der Waals surface area contributed by atoms with Gasteiger partial charge in [0.15, 0.2) is 12.6 Å². The number of likely N-dealkylation sites (N-methyl/N-ethyl adjacent to an activating group) is 1. The first kappa shape index (κ1) is 24.7. The highest BCUT2D eigenvalue weighted by atomic mass is 127. The van der Waals surface area contributed by atoms with Crippen LogP contribution in [0.25, 0.3) is 0 Å². The molecular formula is C22H31IN4O2. The highest BCUT2D eigenvalue weighted by Gasteiger charge is 2.03. The van der Waals surface area contributed by atoms with Crippen LogP contribution in [0.1, 0.15) is 30.5 Å². The van der Waals surface area contributed by atoms with Crippen molar-refractivity contribution in [3.63, 3.8) is 0 Å². The summed E-state index contributed by atoms with van der Waals surface area (Å²) in [6.45, 7) is 8.64. The fourth-order valence-corrected chi connectivity index (χ4v) is 2.65.